The molecule has 0 aliphatic carbocycles. The van der Waals surface area contributed by atoms with Crippen molar-refractivity contribution in [2.24, 2.45) is 0 Å². The van der Waals surface area contributed by atoms with Gasteiger partial charge in [-0.1, -0.05) is 170 Å². The largest absolute Gasteiger partial charge is 0.0616 e. The summed E-state index contributed by atoms with van der Waals surface area (Å²) >= 11 is 0. The molecule has 0 aliphatic heterocycles. The summed E-state index contributed by atoms with van der Waals surface area (Å²) in [5.74, 6) is 0. The topological polar surface area (TPSA) is 0 Å². The lowest BCUT2D eigenvalue weighted by Gasteiger charge is -2.15. The molecule has 0 atom stereocenters. The Balaban J connectivity index is 1.10. The van der Waals surface area contributed by atoms with Crippen LogP contribution in [0.4, 0.5) is 0 Å². The van der Waals surface area contributed by atoms with Crippen LogP contribution in [0.25, 0.3) is 109 Å². The second kappa shape index (κ2) is 13.2. The van der Waals surface area contributed by atoms with E-state index in [4.69, 9.17) is 0 Å². The summed E-state index contributed by atoms with van der Waals surface area (Å²) in [5, 5.41) is 12.7. The molecule has 11 aromatic rings. The van der Waals surface area contributed by atoms with Gasteiger partial charge in [0.25, 0.3) is 0 Å². The maximum Gasteiger partial charge on any atom is -0.00928 e. The Morgan fingerprint density at radius 2 is 0.446 bits per heavy atom. The van der Waals surface area contributed by atoms with E-state index in [1.54, 1.807) is 0 Å². The van der Waals surface area contributed by atoms with Crippen molar-refractivity contribution in [3.8, 4) is 55.6 Å². The second-order valence-electron chi connectivity index (χ2n) is 14.9. The van der Waals surface area contributed by atoms with Crippen LogP contribution in [0.15, 0.2) is 218 Å². The van der Waals surface area contributed by atoms with E-state index in [2.05, 4.69) is 218 Å². The number of hydrogen-bond acceptors (Lipinski definition) is 0. The Labute approximate surface area is 326 Å². The van der Waals surface area contributed by atoms with Crippen LogP contribution in [0.1, 0.15) is 0 Å². The van der Waals surface area contributed by atoms with Gasteiger partial charge >= 0.3 is 0 Å². The summed E-state index contributed by atoms with van der Waals surface area (Å²) in [7, 11) is 0. The summed E-state index contributed by atoms with van der Waals surface area (Å²) in [6.45, 7) is 0. The average Bonchev–Trinajstić information content (AvgIpc) is 3.28. The average molecular weight is 709 g/mol. The summed E-state index contributed by atoms with van der Waals surface area (Å²) in [6, 6.07) is 80.5. The lowest BCUT2D eigenvalue weighted by atomic mass is 9.89. The van der Waals surface area contributed by atoms with E-state index in [1.807, 2.05) is 0 Å². The van der Waals surface area contributed by atoms with Gasteiger partial charge in [-0.3, -0.25) is 0 Å². The quantitative estimate of drug-likeness (QED) is 0.156. The Morgan fingerprint density at radius 1 is 0.143 bits per heavy atom. The van der Waals surface area contributed by atoms with Gasteiger partial charge in [-0.25, -0.2) is 0 Å². The molecule has 0 saturated carbocycles. The number of fused-ring (bicyclic) bond motifs is 8. The van der Waals surface area contributed by atoms with E-state index < -0.39 is 0 Å². The molecule has 0 nitrogen and oxygen atoms in total. The smallest absolute Gasteiger partial charge is 0.00928 e. The molecule has 260 valence electrons. The van der Waals surface area contributed by atoms with Crippen LogP contribution in [0.2, 0.25) is 0 Å². The Bertz CT molecular complexity index is 3130. The van der Waals surface area contributed by atoms with Crippen molar-refractivity contribution in [3.05, 3.63) is 218 Å². The molecule has 0 heteroatoms. The van der Waals surface area contributed by atoms with Gasteiger partial charge in [-0.15, -0.1) is 0 Å². The van der Waals surface area contributed by atoms with Crippen LogP contribution >= 0.6 is 0 Å². The van der Waals surface area contributed by atoms with E-state index in [0.717, 1.165) is 0 Å². The SMILES string of the molecule is c1cc(-c2cc(-c3cccc(-c4ccc5ccccc5c4)c3)cc(-c3ccc4c5ccccc5c5ccccc5c4c3)c2)cc(-c2ccc3ccccc3c2)c1. The first kappa shape index (κ1) is 32.2. The lowest BCUT2D eigenvalue weighted by Crippen LogP contribution is -1.89. The molecule has 11 rings (SSSR count). The fourth-order valence-corrected chi connectivity index (χ4v) is 8.71. The van der Waals surface area contributed by atoms with Crippen molar-refractivity contribution in [2.45, 2.75) is 0 Å². The van der Waals surface area contributed by atoms with Crippen LogP contribution in [-0.4, -0.2) is 0 Å². The van der Waals surface area contributed by atoms with Crippen molar-refractivity contribution in [1.82, 2.24) is 0 Å². The van der Waals surface area contributed by atoms with Crippen LogP contribution < -0.4 is 0 Å². The first-order chi connectivity index (χ1) is 27.7. The summed E-state index contributed by atoms with van der Waals surface area (Å²) in [6.07, 6.45) is 0. The van der Waals surface area contributed by atoms with Crippen molar-refractivity contribution in [2.75, 3.05) is 0 Å². The van der Waals surface area contributed by atoms with Gasteiger partial charge in [0.15, 0.2) is 0 Å². The fraction of sp³-hybridized carbons (Fsp3) is 0. The molecule has 0 aliphatic rings. The molecule has 0 bridgehead atoms. The van der Waals surface area contributed by atoms with E-state index in [1.165, 1.54) is 109 Å². The zero-order valence-corrected chi connectivity index (χ0v) is 30.8. The highest BCUT2D eigenvalue weighted by Crippen LogP contribution is 2.40. The van der Waals surface area contributed by atoms with Crippen LogP contribution in [-0.2, 0) is 0 Å². The van der Waals surface area contributed by atoms with Gasteiger partial charge in [0.2, 0.25) is 0 Å². The molecule has 0 amide bonds. The summed E-state index contributed by atoms with van der Waals surface area (Å²) < 4.78 is 0. The monoisotopic (exact) mass is 708 g/mol. The van der Waals surface area contributed by atoms with Crippen LogP contribution in [0.5, 0.6) is 0 Å². The van der Waals surface area contributed by atoms with Gasteiger partial charge in [-0.05, 0) is 158 Å². The number of rotatable bonds is 5. The molecule has 0 unspecified atom stereocenters. The van der Waals surface area contributed by atoms with Gasteiger partial charge < -0.3 is 0 Å². The normalized spacial score (nSPS) is 11.6. The molecule has 0 saturated heterocycles. The lowest BCUT2D eigenvalue weighted by molar-refractivity contribution is 1.56. The first-order valence-electron chi connectivity index (χ1n) is 19.4. The molecule has 0 aromatic heterocycles. The molecular weight excluding hydrogens is 673 g/mol. The summed E-state index contributed by atoms with van der Waals surface area (Å²) in [5.41, 5.74) is 12.0. The Morgan fingerprint density at radius 3 is 0.911 bits per heavy atom. The first-order valence-corrected chi connectivity index (χ1v) is 19.4. The zero-order chi connectivity index (χ0) is 37.0. The Kier molecular flexibility index (Phi) is 7.60. The van der Waals surface area contributed by atoms with Crippen molar-refractivity contribution in [1.29, 1.82) is 0 Å². The van der Waals surface area contributed by atoms with Crippen LogP contribution in [0, 0.1) is 0 Å². The minimum atomic E-state index is 1.19. The predicted molar refractivity (Wildman–Crippen MR) is 241 cm³/mol. The van der Waals surface area contributed by atoms with E-state index >= 15 is 0 Å². The molecule has 0 radical (unpaired) electrons. The number of hydrogen-bond donors (Lipinski definition) is 0. The Hall–Kier alpha value is -7.28. The fourth-order valence-electron chi connectivity index (χ4n) is 8.71. The second-order valence-corrected chi connectivity index (χ2v) is 14.9. The predicted octanol–water partition coefficient (Wildman–Crippen LogP) is 15.8. The van der Waals surface area contributed by atoms with Gasteiger partial charge in [-0.2, -0.15) is 0 Å². The molecule has 0 fully saturated rings. The molecule has 0 spiro atoms. The number of benzene rings is 11. The third kappa shape index (κ3) is 5.63. The molecule has 56 heavy (non-hydrogen) atoms. The van der Waals surface area contributed by atoms with Gasteiger partial charge in [0, 0.05) is 0 Å². The van der Waals surface area contributed by atoms with E-state index in [-0.39, 0.29) is 0 Å². The minimum Gasteiger partial charge on any atom is -0.0616 e. The maximum atomic E-state index is 2.41. The van der Waals surface area contributed by atoms with Gasteiger partial charge in [0.05, 0.1) is 0 Å². The summed E-state index contributed by atoms with van der Waals surface area (Å²) in [4.78, 5) is 0. The zero-order valence-electron chi connectivity index (χ0n) is 30.8. The van der Waals surface area contributed by atoms with E-state index in [0.29, 0.717) is 0 Å². The molecule has 11 aromatic carbocycles. The highest BCUT2D eigenvalue weighted by atomic mass is 14.2. The maximum absolute atomic E-state index is 2.41. The third-order valence-corrected chi connectivity index (χ3v) is 11.6. The van der Waals surface area contributed by atoms with E-state index in [9.17, 15) is 0 Å². The van der Waals surface area contributed by atoms with Crippen molar-refractivity contribution in [3.63, 3.8) is 0 Å². The minimum absolute atomic E-state index is 1.19. The molecular formula is C56H36. The third-order valence-electron chi connectivity index (χ3n) is 11.6. The van der Waals surface area contributed by atoms with Crippen molar-refractivity contribution < 1.29 is 0 Å². The van der Waals surface area contributed by atoms with Crippen LogP contribution in [0.3, 0.4) is 0 Å². The highest BCUT2D eigenvalue weighted by molar-refractivity contribution is 6.25. The molecule has 0 heterocycles. The highest BCUT2D eigenvalue weighted by Gasteiger charge is 2.13. The van der Waals surface area contributed by atoms with Crippen molar-refractivity contribution >= 4 is 53.9 Å². The van der Waals surface area contributed by atoms with Gasteiger partial charge in [0.1, 0.15) is 0 Å². The standard InChI is InChI=1S/C56H36/c1-3-13-39-29-45(25-23-37(39)11-1)41-15-9-17-43(31-41)48-33-49(44-18-10-16-42(32-44)46-26-24-38-12-2-4-14-40(38)30-46)35-50(34-48)47-27-28-55-53-21-6-5-19-51(53)52-20-7-8-22-54(52)56(55)36-47/h1-36H. The molecule has 0 N–H and O–H groups in total.